The minimum absolute atomic E-state index is 0.420. The van der Waals surface area contributed by atoms with Gasteiger partial charge in [-0.15, -0.1) is 0 Å². The number of benzene rings is 3. The number of rotatable bonds is 5. The van der Waals surface area contributed by atoms with Crippen LogP contribution >= 0.6 is 0 Å². The van der Waals surface area contributed by atoms with Crippen LogP contribution < -0.4 is 15.5 Å². The van der Waals surface area contributed by atoms with Crippen LogP contribution in [0.15, 0.2) is 91.1 Å². The van der Waals surface area contributed by atoms with Crippen molar-refractivity contribution in [1.29, 1.82) is 0 Å². The molecule has 5 aromatic rings. The van der Waals surface area contributed by atoms with Crippen molar-refractivity contribution in [2.45, 2.75) is 51.2 Å². The molecule has 2 aromatic heterocycles. The Morgan fingerprint density at radius 1 is 0.957 bits per heavy atom. The lowest BCUT2D eigenvalue weighted by molar-refractivity contribution is 0.0377. The quantitative estimate of drug-likeness (QED) is 0.175. The zero-order valence-electron chi connectivity index (χ0n) is 26.7. The number of pyridine rings is 1. The number of hydrogen-bond acceptors (Lipinski definition) is 6. The third kappa shape index (κ3) is 5.45. The number of amides is 2. The highest BCUT2D eigenvalue weighted by atomic mass is 16.6. The Balaban J connectivity index is 1.39. The Hall–Kier alpha value is -5.64. The molecule has 2 amide bonds. The molecule has 1 aliphatic carbocycles. The molecular weight excluding hydrogens is 592 g/mol. The smallest absolute Gasteiger partial charge is 0.411 e. The summed E-state index contributed by atoms with van der Waals surface area (Å²) in [5.74, 6) is 1.46. The molecule has 2 aliphatic rings. The Bertz CT molecular complexity index is 1990. The number of ether oxygens (including phenoxy) is 1. The summed E-state index contributed by atoms with van der Waals surface area (Å²) in [6.45, 7) is 5.58. The van der Waals surface area contributed by atoms with Gasteiger partial charge in [0.05, 0.1) is 28.3 Å². The average molecular weight is 629 g/mol. The SMILES string of the molecule is CN(C(=O)O)c1ccc(-c2nc3n(c2-c2ccc(C4(NC(=O)OC(C)(C)C)CCC4)cc2)-c2cccnc2Nc2ccccc2-3)cc1. The van der Waals surface area contributed by atoms with Crippen molar-refractivity contribution in [3.63, 3.8) is 0 Å². The van der Waals surface area contributed by atoms with E-state index in [0.29, 0.717) is 11.5 Å². The number of hydrogen-bond donors (Lipinski definition) is 3. The summed E-state index contributed by atoms with van der Waals surface area (Å²) < 4.78 is 7.74. The number of carbonyl (C=O) groups is 2. The van der Waals surface area contributed by atoms with E-state index in [1.165, 1.54) is 11.9 Å². The van der Waals surface area contributed by atoms with Crippen LogP contribution in [-0.4, -0.2) is 44.5 Å². The van der Waals surface area contributed by atoms with E-state index in [-0.39, 0.29) is 0 Å². The lowest BCUT2D eigenvalue weighted by Gasteiger charge is -2.43. The van der Waals surface area contributed by atoms with Crippen LogP contribution in [-0.2, 0) is 10.3 Å². The number of nitrogens with zero attached hydrogens (tertiary/aromatic N) is 4. The van der Waals surface area contributed by atoms with E-state index in [0.717, 1.165) is 70.1 Å². The van der Waals surface area contributed by atoms with E-state index in [9.17, 15) is 14.7 Å². The predicted octanol–water partition coefficient (Wildman–Crippen LogP) is 8.34. The topological polar surface area (TPSA) is 122 Å². The molecule has 1 fully saturated rings. The van der Waals surface area contributed by atoms with Gasteiger partial charge in [-0.3, -0.25) is 9.47 Å². The molecule has 3 heterocycles. The summed E-state index contributed by atoms with van der Waals surface area (Å²) >= 11 is 0. The lowest BCUT2D eigenvalue weighted by atomic mass is 9.71. The van der Waals surface area contributed by atoms with Crippen LogP contribution in [0.1, 0.15) is 45.6 Å². The van der Waals surface area contributed by atoms with Gasteiger partial charge in [0.1, 0.15) is 11.4 Å². The van der Waals surface area contributed by atoms with Gasteiger partial charge in [-0.05, 0) is 82.0 Å². The monoisotopic (exact) mass is 628 g/mol. The van der Waals surface area contributed by atoms with Gasteiger partial charge in [0.2, 0.25) is 0 Å². The lowest BCUT2D eigenvalue weighted by Crippen LogP contribution is -2.52. The van der Waals surface area contributed by atoms with E-state index in [1.807, 2.05) is 69.3 Å². The first-order chi connectivity index (χ1) is 22.5. The first-order valence-corrected chi connectivity index (χ1v) is 15.7. The van der Waals surface area contributed by atoms with E-state index in [4.69, 9.17) is 9.72 Å². The molecule has 0 saturated heterocycles. The number of alkyl carbamates (subject to hydrolysis) is 1. The molecule has 0 radical (unpaired) electrons. The number of nitrogens with one attached hydrogen (secondary N) is 2. The third-order valence-electron chi connectivity index (χ3n) is 8.80. The molecule has 10 heteroatoms. The second-order valence-electron chi connectivity index (χ2n) is 13.0. The maximum atomic E-state index is 12.8. The fourth-order valence-corrected chi connectivity index (χ4v) is 6.31. The van der Waals surface area contributed by atoms with E-state index >= 15 is 0 Å². The molecule has 0 spiro atoms. The second-order valence-corrected chi connectivity index (χ2v) is 13.0. The maximum Gasteiger partial charge on any atom is 0.411 e. The highest BCUT2D eigenvalue weighted by molar-refractivity contribution is 5.91. The summed E-state index contributed by atoms with van der Waals surface area (Å²) in [5.41, 5.74) is 6.54. The van der Waals surface area contributed by atoms with E-state index in [1.54, 1.807) is 18.3 Å². The van der Waals surface area contributed by atoms with Crippen molar-refractivity contribution in [2.24, 2.45) is 0 Å². The number of carbonyl (C=O) groups excluding carboxylic acids is 1. The molecule has 238 valence electrons. The molecule has 1 aliphatic heterocycles. The molecule has 1 saturated carbocycles. The number of para-hydroxylation sites is 1. The summed E-state index contributed by atoms with van der Waals surface area (Å²) in [5, 5.41) is 16.2. The standard InChI is InChI=1S/C37H36N6O4/c1-36(2,3)47-34(44)41-37(20-8-21-37)25-16-12-24(13-17-25)31-30(23-14-18-26(19-15-23)42(4)35(45)46)40-33-27-9-5-6-10-28(27)39-32-29(43(31)33)11-7-22-38-32/h5-7,9-19,22H,8,20-21H2,1-4H3,(H,38,39)(H,41,44)(H,45,46). The van der Waals surface area contributed by atoms with Crippen LogP contribution in [0.25, 0.3) is 39.6 Å². The molecule has 7 rings (SSSR count). The number of anilines is 3. The van der Waals surface area contributed by atoms with Gasteiger partial charge in [-0.1, -0.05) is 48.5 Å². The van der Waals surface area contributed by atoms with Crippen molar-refractivity contribution < 1.29 is 19.4 Å². The Morgan fingerprint density at radius 3 is 2.32 bits per heavy atom. The zero-order valence-corrected chi connectivity index (χ0v) is 26.7. The molecule has 0 unspecified atom stereocenters. The zero-order chi connectivity index (χ0) is 32.9. The van der Waals surface area contributed by atoms with Gasteiger partial charge in [0.15, 0.2) is 5.82 Å². The first kappa shape index (κ1) is 30.0. The molecule has 3 aromatic carbocycles. The summed E-state index contributed by atoms with van der Waals surface area (Å²) in [6.07, 6.45) is 2.98. The summed E-state index contributed by atoms with van der Waals surface area (Å²) in [4.78, 5) is 35.6. The Kier molecular flexibility index (Phi) is 7.23. The highest BCUT2D eigenvalue weighted by Gasteiger charge is 2.41. The fraction of sp³-hybridized carbons (Fsp3) is 0.243. The first-order valence-electron chi connectivity index (χ1n) is 15.7. The van der Waals surface area contributed by atoms with Crippen LogP contribution in [0.3, 0.4) is 0 Å². The van der Waals surface area contributed by atoms with Crippen LogP contribution in [0.5, 0.6) is 0 Å². The molecule has 10 nitrogen and oxygen atoms in total. The van der Waals surface area contributed by atoms with Gasteiger partial charge in [-0.2, -0.15) is 0 Å². The Morgan fingerprint density at radius 2 is 1.66 bits per heavy atom. The minimum Gasteiger partial charge on any atom is -0.465 e. The highest BCUT2D eigenvalue weighted by Crippen LogP contribution is 2.46. The molecular formula is C37H36N6O4. The van der Waals surface area contributed by atoms with Crippen molar-refractivity contribution in [3.05, 3.63) is 96.7 Å². The van der Waals surface area contributed by atoms with Crippen LogP contribution in [0.4, 0.5) is 26.8 Å². The summed E-state index contributed by atoms with van der Waals surface area (Å²) in [7, 11) is 1.52. The normalized spacial score (nSPS) is 14.3. The third-order valence-corrected chi connectivity index (χ3v) is 8.80. The number of imidazole rings is 1. The van der Waals surface area contributed by atoms with Crippen LogP contribution in [0, 0.1) is 0 Å². The van der Waals surface area contributed by atoms with Crippen molar-refractivity contribution in [2.75, 3.05) is 17.3 Å². The van der Waals surface area contributed by atoms with Gasteiger partial charge in [0.25, 0.3) is 0 Å². The molecule has 3 N–H and O–H groups in total. The second kappa shape index (κ2) is 11.3. The molecule has 47 heavy (non-hydrogen) atoms. The fourth-order valence-electron chi connectivity index (χ4n) is 6.31. The predicted molar refractivity (Wildman–Crippen MR) is 182 cm³/mol. The largest absolute Gasteiger partial charge is 0.465 e. The summed E-state index contributed by atoms with van der Waals surface area (Å²) in [6, 6.07) is 27.6. The van der Waals surface area contributed by atoms with E-state index < -0.39 is 23.3 Å². The van der Waals surface area contributed by atoms with Crippen molar-refractivity contribution >= 4 is 29.4 Å². The number of carboxylic acid groups (broad SMARTS) is 1. The number of fused-ring (bicyclic) bond motifs is 5. The van der Waals surface area contributed by atoms with Crippen LogP contribution in [0.2, 0.25) is 0 Å². The maximum absolute atomic E-state index is 12.8. The van der Waals surface area contributed by atoms with Crippen molar-refractivity contribution in [3.8, 4) is 39.6 Å². The average Bonchev–Trinajstić information content (AvgIpc) is 3.36. The number of aromatic nitrogens is 3. The van der Waals surface area contributed by atoms with Gasteiger partial charge in [0, 0.05) is 35.6 Å². The van der Waals surface area contributed by atoms with Gasteiger partial charge < -0.3 is 20.5 Å². The molecule has 0 bridgehead atoms. The Labute approximate surface area is 273 Å². The van der Waals surface area contributed by atoms with Gasteiger partial charge >= 0.3 is 12.2 Å². The van der Waals surface area contributed by atoms with E-state index in [2.05, 4.69) is 44.5 Å². The minimum atomic E-state index is -1.04. The molecule has 0 atom stereocenters. The van der Waals surface area contributed by atoms with Crippen molar-refractivity contribution in [1.82, 2.24) is 19.9 Å². The van der Waals surface area contributed by atoms with Gasteiger partial charge in [-0.25, -0.2) is 19.6 Å².